The summed E-state index contributed by atoms with van der Waals surface area (Å²) in [5, 5.41) is 13.6. The highest BCUT2D eigenvalue weighted by atomic mass is 31.2. The molecular formula is C54H98N2O6P+. The fourth-order valence-electron chi connectivity index (χ4n) is 6.85. The van der Waals surface area contributed by atoms with Gasteiger partial charge in [-0.25, -0.2) is 4.57 Å². The van der Waals surface area contributed by atoms with Gasteiger partial charge in [-0.3, -0.25) is 13.8 Å². The van der Waals surface area contributed by atoms with Gasteiger partial charge >= 0.3 is 7.82 Å². The van der Waals surface area contributed by atoms with Crippen LogP contribution < -0.4 is 5.32 Å². The van der Waals surface area contributed by atoms with Crippen LogP contribution in [0.5, 0.6) is 0 Å². The van der Waals surface area contributed by atoms with E-state index < -0.39 is 20.0 Å². The second-order valence-electron chi connectivity index (χ2n) is 18.2. The average molecular weight is 902 g/mol. The van der Waals surface area contributed by atoms with E-state index in [1.54, 1.807) is 6.08 Å². The Bertz CT molecular complexity index is 1300. The first kappa shape index (κ1) is 60.7. The van der Waals surface area contributed by atoms with Crippen molar-refractivity contribution in [2.45, 2.75) is 212 Å². The third-order valence-corrected chi connectivity index (χ3v) is 11.9. The Labute approximate surface area is 388 Å². The van der Waals surface area contributed by atoms with Crippen LogP contribution >= 0.6 is 7.82 Å². The number of phosphoric acid groups is 1. The number of carbonyl (C=O) groups excluding carboxylic acids is 1. The first-order chi connectivity index (χ1) is 30.5. The minimum atomic E-state index is -4.32. The van der Waals surface area contributed by atoms with Crippen LogP contribution in [0.4, 0.5) is 0 Å². The number of quaternary nitrogens is 1. The zero-order valence-corrected chi connectivity index (χ0v) is 42.2. The molecule has 63 heavy (non-hydrogen) atoms. The summed E-state index contributed by atoms with van der Waals surface area (Å²) in [5.74, 6) is -0.188. The van der Waals surface area contributed by atoms with Gasteiger partial charge < -0.3 is 19.8 Å². The molecular weight excluding hydrogens is 804 g/mol. The van der Waals surface area contributed by atoms with Crippen molar-refractivity contribution in [3.8, 4) is 0 Å². The van der Waals surface area contributed by atoms with Crippen LogP contribution in [0.3, 0.4) is 0 Å². The van der Waals surface area contributed by atoms with Gasteiger partial charge in [0.1, 0.15) is 13.2 Å². The second kappa shape index (κ2) is 44.9. The number of hydrogen-bond donors (Lipinski definition) is 3. The molecule has 3 unspecified atom stereocenters. The second-order valence-corrected chi connectivity index (χ2v) is 19.6. The van der Waals surface area contributed by atoms with Gasteiger partial charge in [-0.2, -0.15) is 0 Å². The average Bonchev–Trinajstić information content (AvgIpc) is 3.24. The van der Waals surface area contributed by atoms with E-state index in [0.717, 1.165) is 77.0 Å². The number of nitrogens with zero attached hydrogens (tertiary/aromatic N) is 1. The standard InChI is InChI=1S/C54H97N2O6P/c1-6-8-10-12-13-14-15-16-17-18-19-20-21-22-23-24-25-26-27-28-29-30-31-32-33-34-35-36-37-38-39-40-41-42-43-44-46-48-54(58)55-52(53(57)47-45-11-9-7-2)51-62-63(59,60)61-50-49-56(3,4)5/h8,10,13-14,16-17,19-20,22-23,25-26,45,47,52-53,57H,6-7,9,11-12,15,18,21,24,27-44,46,48-51H2,1-5H3,(H-,55,58,59,60)/p+1/b10-8-,14-13-,17-16-,20-19-,23-22-,26-25-,47-45+. The van der Waals surface area contributed by atoms with E-state index in [0.29, 0.717) is 17.4 Å². The maximum Gasteiger partial charge on any atom is 0.472 e. The lowest BCUT2D eigenvalue weighted by Gasteiger charge is -2.25. The molecule has 0 saturated carbocycles. The third-order valence-electron chi connectivity index (χ3n) is 10.9. The summed E-state index contributed by atoms with van der Waals surface area (Å²) in [6, 6.07) is -0.844. The van der Waals surface area contributed by atoms with Crippen molar-refractivity contribution in [3.05, 3.63) is 85.1 Å². The summed E-state index contributed by atoms with van der Waals surface area (Å²) in [7, 11) is 1.56. The lowest BCUT2D eigenvalue weighted by atomic mass is 10.0. The quantitative estimate of drug-likeness (QED) is 0.0243. The molecule has 0 rings (SSSR count). The summed E-state index contributed by atoms with van der Waals surface area (Å²) in [5.41, 5.74) is 0. The number of carbonyl (C=O) groups is 1. The number of unbranched alkanes of at least 4 members (excludes halogenated alkanes) is 20. The molecule has 0 radical (unpaired) electrons. The van der Waals surface area contributed by atoms with E-state index in [4.69, 9.17) is 9.05 Å². The van der Waals surface area contributed by atoms with Gasteiger partial charge in [0.05, 0.1) is 39.9 Å². The molecule has 364 valence electrons. The topological polar surface area (TPSA) is 105 Å². The number of phosphoric ester groups is 1. The van der Waals surface area contributed by atoms with Crippen LogP contribution in [-0.4, -0.2) is 73.4 Å². The minimum absolute atomic E-state index is 0.0584. The van der Waals surface area contributed by atoms with E-state index in [1.165, 1.54) is 103 Å². The number of likely N-dealkylation sites (N-methyl/N-ethyl adjacent to an activating group) is 1. The van der Waals surface area contributed by atoms with Crippen molar-refractivity contribution >= 4 is 13.7 Å². The number of nitrogens with one attached hydrogen (secondary N) is 1. The predicted molar refractivity (Wildman–Crippen MR) is 272 cm³/mol. The minimum Gasteiger partial charge on any atom is -0.387 e. The van der Waals surface area contributed by atoms with E-state index >= 15 is 0 Å². The molecule has 0 heterocycles. The van der Waals surface area contributed by atoms with Gasteiger partial charge in [-0.1, -0.05) is 214 Å². The largest absolute Gasteiger partial charge is 0.472 e. The van der Waals surface area contributed by atoms with Gasteiger partial charge in [0.25, 0.3) is 0 Å². The zero-order valence-electron chi connectivity index (χ0n) is 41.3. The Hall–Kier alpha value is -2.32. The summed E-state index contributed by atoms with van der Waals surface area (Å²) in [6.07, 6.45) is 63.3. The van der Waals surface area contributed by atoms with Crippen molar-refractivity contribution in [2.75, 3.05) is 40.9 Å². The van der Waals surface area contributed by atoms with Crippen molar-refractivity contribution in [3.63, 3.8) is 0 Å². The van der Waals surface area contributed by atoms with Crippen LogP contribution in [-0.2, 0) is 18.4 Å². The number of allylic oxidation sites excluding steroid dienone is 13. The molecule has 0 aliphatic heterocycles. The maximum absolute atomic E-state index is 12.8. The van der Waals surface area contributed by atoms with E-state index in [-0.39, 0.29) is 19.1 Å². The molecule has 0 spiro atoms. The third kappa shape index (κ3) is 47.5. The molecule has 0 aliphatic carbocycles. The molecule has 0 saturated heterocycles. The van der Waals surface area contributed by atoms with Crippen LogP contribution in [0.15, 0.2) is 85.1 Å². The number of aliphatic hydroxyl groups excluding tert-OH is 1. The van der Waals surface area contributed by atoms with Crippen LogP contribution in [0.25, 0.3) is 0 Å². The molecule has 8 nitrogen and oxygen atoms in total. The van der Waals surface area contributed by atoms with Gasteiger partial charge in [0.2, 0.25) is 5.91 Å². The fourth-order valence-corrected chi connectivity index (χ4v) is 7.59. The number of rotatable bonds is 45. The smallest absolute Gasteiger partial charge is 0.387 e. The Kier molecular flexibility index (Phi) is 43.2. The van der Waals surface area contributed by atoms with E-state index in [1.807, 2.05) is 27.2 Å². The lowest BCUT2D eigenvalue weighted by molar-refractivity contribution is -0.870. The summed E-state index contributed by atoms with van der Waals surface area (Å²) >= 11 is 0. The monoisotopic (exact) mass is 902 g/mol. The van der Waals surface area contributed by atoms with Gasteiger partial charge in [0, 0.05) is 6.42 Å². The summed E-state index contributed by atoms with van der Waals surface area (Å²) in [6.45, 7) is 4.53. The van der Waals surface area contributed by atoms with Crippen LogP contribution in [0, 0.1) is 0 Å². The molecule has 0 aromatic rings. The summed E-state index contributed by atoms with van der Waals surface area (Å²) < 4.78 is 23.3. The highest BCUT2D eigenvalue weighted by molar-refractivity contribution is 7.47. The molecule has 0 aromatic heterocycles. The van der Waals surface area contributed by atoms with Gasteiger partial charge in [-0.05, 0) is 64.2 Å². The molecule has 0 fully saturated rings. The molecule has 3 atom stereocenters. The van der Waals surface area contributed by atoms with Gasteiger partial charge in [0.15, 0.2) is 0 Å². The first-order valence-corrected chi connectivity index (χ1v) is 27.0. The van der Waals surface area contributed by atoms with Crippen LogP contribution in [0.2, 0.25) is 0 Å². The van der Waals surface area contributed by atoms with Crippen LogP contribution in [0.1, 0.15) is 200 Å². The molecule has 0 bridgehead atoms. The van der Waals surface area contributed by atoms with E-state index in [2.05, 4.69) is 92.1 Å². The summed E-state index contributed by atoms with van der Waals surface area (Å²) in [4.78, 5) is 22.9. The number of amides is 1. The Morgan fingerprint density at radius 1 is 0.556 bits per heavy atom. The molecule has 3 N–H and O–H groups in total. The normalized spacial score (nSPS) is 14.8. The molecule has 0 aromatic carbocycles. The van der Waals surface area contributed by atoms with Crippen molar-refractivity contribution < 1.29 is 32.9 Å². The molecule has 0 aliphatic rings. The Morgan fingerprint density at radius 3 is 1.38 bits per heavy atom. The lowest BCUT2D eigenvalue weighted by Crippen LogP contribution is -2.45. The zero-order chi connectivity index (χ0) is 46.4. The van der Waals surface area contributed by atoms with Crippen molar-refractivity contribution in [1.82, 2.24) is 5.32 Å². The number of hydrogen-bond acceptors (Lipinski definition) is 5. The fraction of sp³-hybridized carbons (Fsp3) is 0.722. The van der Waals surface area contributed by atoms with E-state index in [9.17, 15) is 19.4 Å². The van der Waals surface area contributed by atoms with Gasteiger partial charge in [-0.15, -0.1) is 0 Å². The Morgan fingerprint density at radius 2 is 0.952 bits per heavy atom. The molecule has 9 heteroatoms. The number of aliphatic hydroxyl groups is 1. The predicted octanol–water partition coefficient (Wildman–Crippen LogP) is 14.9. The van der Waals surface area contributed by atoms with Crippen molar-refractivity contribution in [2.24, 2.45) is 0 Å². The molecule has 1 amide bonds. The first-order valence-electron chi connectivity index (χ1n) is 25.5. The highest BCUT2D eigenvalue weighted by Crippen LogP contribution is 2.43. The SMILES string of the molecule is CC/C=C\C/C=C\C/C=C\C/C=C\C/C=C\C/C=C\CCCCCCCCCCCCCCCCCCCCC(=O)NC(COP(=O)(O)OCC[N+](C)(C)C)C(O)/C=C/CCCC. The van der Waals surface area contributed by atoms with Crippen molar-refractivity contribution in [1.29, 1.82) is 0 Å². The maximum atomic E-state index is 12.8. The Balaban J connectivity index is 3.77. The highest BCUT2D eigenvalue weighted by Gasteiger charge is 2.27.